The summed E-state index contributed by atoms with van der Waals surface area (Å²) in [5.41, 5.74) is -0.723. The van der Waals surface area contributed by atoms with E-state index in [0.717, 1.165) is 4.90 Å². The average molecular weight is 240 g/mol. The fourth-order valence-corrected chi connectivity index (χ4v) is 2.04. The minimum Gasteiger partial charge on any atom is -0.444 e. The van der Waals surface area contributed by atoms with E-state index in [0.29, 0.717) is 0 Å². The van der Waals surface area contributed by atoms with E-state index in [1.165, 1.54) is 0 Å². The van der Waals surface area contributed by atoms with Crippen molar-refractivity contribution in [3.63, 3.8) is 0 Å². The van der Waals surface area contributed by atoms with Gasteiger partial charge in [0, 0.05) is 0 Å². The molecule has 1 N–H and O–H groups in total. The van der Waals surface area contributed by atoms with Crippen molar-refractivity contribution in [1.82, 2.24) is 4.90 Å². The van der Waals surface area contributed by atoms with E-state index in [4.69, 9.17) is 36.1 Å². The predicted octanol–water partition coefficient (Wildman–Crippen LogP) is -0.640. The molecule has 0 aromatic heterocycles. The molecule has 0 spiro atoms. The van der Waals surface area contributed by atoms with Crippen LogP contribution in [0.5, 0.6) is 0 Å². The molecular formula is C10H15B4NO3. The Kier molecular flexibility index (Phi) is 3.93. The Bertz CT molecular complexity index is 323. The molecule has 0 aliphatic carbocycles. The molecular weight excluding hydrogens is 225 g/mol. The zero-order valence-electron chi connectivity index (χ0n) is 11.0. The smallest absolute Gasteiger partial charge is 0.408 e. The van der Waals surface area contributed by atoms with E-state index < -0.39 is 28.5 Å². The normalized spacial score (nSPS) is 23.7. The first-order valence-electron chi connectivity index (χ1n) is 5.72. The van der Waals surface area contributed by atoms with Gasteiger partial charge in [-0.1, -0.05) is 0 Å². The number of carbonyl (C=O) groups excluding carboxylic acids is 1. The number of hydrogen-bond acceptors (Lipinski definition) is 3. The van der Waals surface area contributed by atoms with Gasteiger partial charge >= 0.3 is 6.09 Å². The van der Waals surface area contributed by atoms with Gasteiger partial charge in [-0.3, -0.25) is 0 Å². The monoisotopic (exact) mass is 241 g/mol. The molecule has 0 atom stereocenters. The highest BCUT2D eigenvalue weighted by Gasteiger charge is 2.47. The summed E-state index contributed by atoms with van der Waals surface area (Å²) in [7, 11) is 23.2. The molecule has 4 nitrogen and oxygen atoms in total. The molecule has 0 unspecified atom stereocenters. The molecule has 0 aromatic carbocycles. The van der Waals surface area contributed by atoms with Crippen LogP contribution in [0.3, 0.4) is 0 Å². The van der Waals surface area contributed by atoms with Gasteiger partial charge in [0.05, 0.1) is 37.5 Å². The van der Waals surface area contributed by atoms with Crippen molar-refractivity contribution < 1.29 is 14.6 Å². The SMILES string of the molecule is [B]C1([B])CC(O)CC([B])([B])N1C(=O)OC(C)(C)C. The minimum absolute atomic E-state index is 0.0254. The first-order chi connectivity index (χ1) is 7.85. The Morgan fingerprint density at radius 2 is 1.61 bits per heavy atom. The first kappa shape index (κ1) is 15.5. The lowest BCUT2D eigenvalue weighted by Gasteiger charge is -2.55. The fourth-order valence-electron chi connectivity index (χ4n) is 2.04. The molecule has 0 saturated carbocycles. The van der Waals surface area contributed by atoms with Crippen LogP contribution in [0.1, 0.15) is 33.6 Å². The summed E-state index contributed by atoms with van der Waals surface area (Å²) in [5.74, 6) is 0. The summed E-state index contributed by atoms with van der Waals surface area (Å²) in [6.07, 6.45) is -1.72. The van der Waals surface area contributed by atoms with Gasteiger partial charge in [-0.15, -0.1) is 0 Å². The molecule has 1 rings (SSSR count). The van der Waals surface area contributed by atoms with Gasteiger partial charge in [-0.25, -0.2) is 4.79 Å². The van der Waals surface area contributed by atoms with Crippen LogP contribution in [0.25, 0.3) is 0 Å². The highest BCUT2D eigenvalue weighted by Crippen LogP contribution is 2.33. The second kappa shape index (κ2) is 4.55. The largest absolute Gasteiger partial charge is 0.444 e. The zero-order chi connectivity index (χ0) is 14.4. The third kappa shape index (κ3) is 3.50. The highest BCUT2D eigenvalue weighted by atomic mass is 16.6. The van der Waals surface area contributed by atoms with Crippen LogP contribution in [0.4, 0.5) is 4.79 Å². The van der Waals surface area contributed by atoms with E-state index in [1.54, 1.807) is 20.8 Å². The Labute approximate surface area is 113 Å². The quantitative estimate of drug-likeness (QED) is 0.573. The molecule has 0 aromatic rings. The molecule has 0 bridgehead atoms. The van der Waals surface area contributed by atoms with E-state index in [2.05, 4.69) is 0 Å². The van der Waals surface area contributed by atoms with Gasteiger partial charge in [0.1, 0.15) is 5.60 Å². The predicted molar refractivity (Wildman–Crippen MR) is 71.8 cm³/mol. The zero-order valence-corrected chi connectivity index (χ0v) is 11.0. The maximum atomic E-state index is 12.1. The van der Waals surface area contributed by atoms with Crippen molar-refractivity contribution in [3.8, 4) is 0 Å². The summed E-state index contributed by atoms with van der Waals surface area (Å²) in [5, 5.41) is 6.32. The number of amides is 1. The lowest BCUT2D eigenvalue weighted by Crippen LogP contribution is -2.70. The minimum atomic E-state index is -1.65. The van der Waals surface area contributed by atoms with E-state index >= 15 is 0 Å². The number of likely N-dealkylation sites (tertiary alicyclic amines) is 1. The number of rotatable bonds is 0. The first-order valence-corrected chi connectivity index (χ1v) is 5.72. The summed E-state index contributed by atoms with van der Waals surface area (Å²) < 4.78 is 5.17. The van der Waals surface area contributed by atoms with Gasteiger partial charge in [-0.2, -0.15) is 0 Å². The molecule has 1 saturated heterocycles. The third-order valence-corrected chi connectivity index (χ3v) is 2.53. The van der Waals surface area contributed by atoms with Crippen LogP contribution < -0.4 is 0 Å². The van der Waals surface area contributed by atoms with Crippen LogP contribution in [0.2, 0.25) is 0 Å². The summed E-state index contributed by atoms with van der Waals surface area (Å²) in [6.45, 7) is 5.10. The lowest BCUT2D eigenvalue weighted by molar-refractivity contribution is -0.0170. The second-order valence-electron chi connectivity index (χ2n) is 5.86. The molecule has 1 aliphatic heterocycles. The maximum Gasteiger partial charge on any atom is 0.408 e. The van der Waals surface area contributed by atoms with Gasteiger partial charge in [0.2, 0.25) is 0 Å². The molecule has 1 fully saturated rings. The number of piperidine rings is 1. The summed E-state index contributed by atoms with van der Waals surface area (Å²) >= 11 is 0. The van der Waals surface area contributed by atoms with Gasteiger partial charge in [-0.05, 0) is 44.3 Å². The number of carbonyl (C=O) groups is 1. The molecule has 90 valence electrons. The molecule has 1 aliphatic rings. The molecule has 18 heavy (non-hydrogen) atoms. The van der Waals surface area contributed by atoms with Crippen LogP contribution in [0.15, 0.2) is 0 Å². The third-order valence-electron chi connectivity index (χ3n) is 2.53. The topological polar surface area (TPSA) is 49.8 Å². The molecule has 8 radical (unpaired) electrons. The van der Waals surface area contributed by atoms with E-state index in [1.807, 2.05) is 0 Å². The Hall–Kier alpha value is -0.510. The fraction of sp³-hybridized carbons (Fsp3) is 0.900. The number of hydrogen-bond donors (Lipinski definition) is 1. The lowest BCUT2D eigenvalue weighted by atomic mass is 9.46. The van der Waals surface area contributed by atoms with Gasteiger partial charge in [0.25, 0.3) is 0 Å². The van der Waals surface area contributed by atoms with Crippen molar-refractivity contribution >= 4 is 37.5 Å². The van der Waals surface area contributed by atoms with Gasteiger partial charge in [0.15, 0.2) is 0 Å². The number of ether oxygens (including phenoxy) is 1. The van der Waals surface area contributed by atoms with Crippen LogP contribution in [-0.4, -0.2) is 69.9 Å². The summed E-state index contributed by atoms with van der Waals surface area (Å²) in [6, 6.07) is 0. The molecule has 8 heteroatoms. The highest BCUT2D eigenvalue weighted by molar-refractivity contribution is 6.45. The van der Waals surface area contributed by atoms with Crippen molar-refractivity contribution in [2.45, 2.75) is 56.0 Å². The second-order valence-corrected chi connectivity index (χ2v) is 5.86. The van der Waals surface area contributed by atoms with Crippen molar-refractivity contribution in [2.75, 3.05) is 0 Å². The van der Waals surface area contributed by atoms with Gasteiger partial charge < -0.3 is 14.7 Å². The van der Waals surface area contributed by atoms with E-state index in [9.17, 15) is 9.90 Å². The summed E-state index contributed by atoms with van der Waals surface area (Å²) in [4.78, 5) is 12.9. The Balaban J connectivity index is 2.99. The Morgan fingerprint density at radius 3 is 1.94 bits per heavy atom. The molecule has 1 amide bonds. The number of aliphatic hydroxyl groups excluding tert-OH is 1. The standard InChI is InChI=1S/C10H15B4NO3/c1-8(2,3)18-7(17)15-9(11,12)4-6(16)5-10(15,13)14/h6,16H,4-5H2,1-3H3. The van der Waals surface area contributed by atoms with Crippen molar-refractivity contribution in [3.05, 3.63) is 0 Å². The van der Waals surface area contributed by atoms with E-state index in [-0.39, 0.29) is 12.8 Å². The molecule has 1 heterocycles. The van der Waals surface area contributed by atoms with Crippen LogP contribution >= 0.6 is 0 Å². The average Bonchev–Trinajstić information content (AvgIpc) is 1.90. The van der Waals surface area contributed by atoms with Crippen molar-refractivity contribution in [2.24, 2.45) is 0 Å². The van der Waals surface area contributed by atoms with Crippen molar-refractivity contribution in [1.29, 1.82) is 0 Å². The van der Waals surface area contributed by atoms with Crippen LogP contribution in [0, 0.1) is 0 Å². The number of aliphatic hydroxyl groups is 1. The maximum absolute atomic E-state index is 12.1. The number of nitrogens with zero attached hydrogens (tertiary/aromatic N) is 1. The van der Waals surface area contributed by atoms with Crippen LogP contribution in [-0.2, 0) is 4.74 Å². The Morgan fingerprint density at radius 1 is 1.22 bits per heavy atom.